The SMILES string of the molecule is CNC1CCC2(CC1SC1CCCC(C)C1)OCCO2. The Morgan fingerprint density at radius 3 is 2.65 bits per heavy atom. The van der Waals surface area contributed by atoms with Crippen LogP contribution >= 0.6 is 11.8 Å². The van der Waals surface area contributed by atoms with Gasteiger partial charge >= 0.3 is 0 Å². The topological polar surface area (TPSA) is 30.5 Å². The van der Waals surface area contributed by atoms with Gasteiger partial charge in [-0.25, -0.2) is 0 Å². The van der Waals surface area contributed by atoms with Crippen LogP contribution in [0.5, 0.6) is 0 Å². The highest BCUT2D eigenvalue weighted by Crippen LogP contribution is 2.44. The van der Waals surface area contributed by atoms with Crippen molar-refractivity contribution in [1.82, 2.24) is 5.32 Å². The van der Waals surface area contributed by atoms with Gasteiger partial charge in [-0.2, -0.15) is 11.8 Å². The molecule has 2 saturated carbocycles. The monoisotopic (exact) mass is 299 g/mol. The van der Waals surface area contributed by atoms with Crippen LogP contribution in [0.25, 0.3) is 0 Å². The van der Waals surface area contributed by atoms with E-state index in [9.17, 15) is 0 Å². The second kappa shape index (κ2) is 6.55. The Bertz CT molecular complexity index is 320. The highest BCUT2D eigenvalue weighted by molar-refractivity contribution is 8.00. The first-order valence-corrected chi connectivity index (χ1v) is 9.26. The molecule has 1 N–H and O–H groups in total. The van der Waals surface area contributed by atoms with E-state index in [2.05, 4.69) is 31.1 Å². The number of rotatable bonds is 3. The number of ether oxygens (including phenoxy) is 2. The quantitative estimate of drug-likeness (QED) is 0.867. The maximum atomic E-state index is 5.95. The minimum atomic E-state index is -0.245. The van der Waals surface area contributed by atoms with Crippen LogP contribution in [0.1, 0.15) is 51.9 Å². The van der Waals surface area contributed by atoms with Gasteiger partial charge in [0, 0.05) is 29.4 Å². The van der Waals surface area contributed by atoms with E-state index in [1.54, 1.807) is 0 Å². The average molecular weight is 299 g/mol. The molecule has 2 aliphatic carbocycles. The van der Waals surface area contributed by atoms with Gasteiger partial charge < -0.3 is 14.8 Å². The van der Waals surface area contributed by atoms with Crippen molar-refractivity contribution >= 4 is 11.8 Å². The molecule has 1 aliphatic heterocycles. The Hall–Kier alpha value is 0.230. The van der Waals surface area contributed by atoms with Gasteiger partial charge in [-0.05, 0) is 32.2 Å². The van der Waals surface area contributed by atoms with Crippen LogP contribution in [0.15, 0.2) is 0 Å². The lowest BCUT2D eigenvalue weighted by atomic mass is 9.89. The first-order valence-electron chi connectivity index (χ1n) is 8.31. The average Bonchev–Trinajstić information content (AvgIpc) is 2.87. The van der Waals surface area contributed by atoms with Crippen LogP contribution in [0.4, 0.5) is 0 Å². The van der Waals surface area contributed by atoms with Crippen LogP contribution < -0.4 is 5.32 Å². The third kappa shape index (κ3) is 3.34. The molecule has 0 radical (unpaired) electrons. The van der Waals surface area contributed by atoms with E-state index in [1.807, 2.05) is 0 Å². The van der Waals surface area contributed by atoms with Crippen LogP contribution in [-0.2, 0) is 9.47 Å². The first kappa shape index (κ1) is 15.1. The zero-order valence-electron chi connectivity index (χ0n) is 12.9. The van der Waals surface area contributed by atoms with E-state index in [0.29, 0.717) is 11.3 Å². The van der Waals surface area contributed by atoms with Crippen molar-refractivity contribution in [3.8, 4) is 0 Å². The lowest BCUT2D eigenvalue weighted by Gasteiger charge is -2.42. The Morgan fingerprint density at radius 2 is 1.95 bits per heavy atom. The van der Waals surface area contributed by atoms with Crippen molar-refractivity contribution in [1.29, 1.82) is 0 Å². The summed E-state index contributed by atoms with van der Waals surface area (Å²) in [7, 11) is 2.11. The number of nitrogens with one attached hydrogen (secondary N) is 1. The van der Waals surface area contributed by atoms with E-state index in [4.69, 9.17) is 9.47 Å². The molecule has 0 bridgehead atoms. The van der Waals surface area contributed by atoms with Gasteiger partial charge in [0.2, 0.25) is 0 Å². The third-order valence-electron chi connectivity index (χ3n) is 5.24. The maximum Gasteiger partial charge on any atom is 0.169 e. The molecule has 0 aromatic rings. The summed E-state index contributed by atoms with van der Waals surface area (Å²) in [4.78, 5) is 0. The normalized spacial score (nSPS) is 41.1. The summed E-state index contributed by atoms with van der Waals surface area (Å²) in [6, 6.07) is 0.621. The number of hydrogen-bond acceptors (Lipinski definition) is 4. The molecule has 3 aliphatic rings. The minimum Gasteiger partial charge on any atom is -0.347 e. The largest absolute Gasteiger partial charge is 0.347 e. The molecule has 0 amide bonds. The van der Waals surface area contributed by atoms with Crippen molar-refractivity contribution in [3.05, 3.63) is 0 Å². The van der Waals surface area contributed by atoms with Gasteiger partial charge in [0.1, 0.15) is 0 Å². The Labute approximate surface area is 127 Å². The van der Waals surface area contributed by atoms with E-state index in [-0.39, 0.29) is 5.79 Å². The molecule has 0 aromatic heterocycles. The summed E-state index contributed by atoms with van der Waals surface area (Å²) >= 11 is 2.22. The summed E-state index contributed by atoms with van der Waals surface area (Å²) in [5.41, 5.74) is 0. The maximum absolute atomic E-state index is 5.95. The fourth-order valence-electron chi connectivity index (χ4n) is 4.09. The zero-order valence-corrected chi connectivity index (χ0v) is 13.7. The van der Waals surface area contributed by atoms with Crippen molar-refractivity contribution in [2.24, 2.45) is 5.92 Å². The summed E-state index contributed by atoms with van der Waals surface area (Å²) in [6.07, 6.45) is 8.92. The smallest absolute Gasteiger partial charge is 0.169 e. The van der Waals surface area contributed by atoms with E-state index >= 15 is 0 Å². The van der Waals surface area contributed by atoms with Gasteiger partial charge in [0.15, 0.2) is 5.79 Å². The molecule has 116 valence electrons. The fourth-order valence-corrected chi connectivity index (χ4v) is 6.14. The Balaban J connectivity index is 1.61. The van der Waals surface area contributed by atoms with E-state index in [0.717, 1.165) is 37.2 Å². The molecule has 0 aromatic carbocycles. The predicted molar refractivity (Wildman–Crippen MR) is 84.1 cm³/mol. The Morgan fingerprint density at radius 1 is 1.15 bits per heavy atom. The van der Waals surface area contributed by atoms with Crippen molar-refractivity contribution in [2.75, 3.05) is 20.3 Å². The molecular weight excluding hydrogens is 270 g/mol. The molecule has 3 rings (SSSR count). The summed E-state index contributed by atoms with van der Waals surface area (Å²) in [5, 5.41) is 5.01. The van der Waals surface area contributed by atoms with Gasteiger partial charge in [-0.1, -0.05) is 19.8 Å². The second-order valence-electron chi connectivity index (χ2n) is 6.81. The van der Waals surface area contributed by atoms with Crippen LogP contribution in [0.3, 0.4) is 0 Å². The molecule has 4 heteroatoms. The minimum absolute atomic E-state index is 0.245. The van der Waals surface area contributed by atoms with Gasteiger partial charge in [-0.3, -0.25) is 0 Å². The molecule has 3 nitrogen and oxygen atoms in total. The first-order chi connectivity index (χ1) is 9.71. The lowest BCUT2D eigenvalue weighted by Crippen LogP contribution is -2.49. The molecule has 1 saturated heterocycles. The third-order valence-corrected chi connectivity index (χ3v) is 6.89. The van der Waals surface area contributed by atoms with E-state index in [1.165, 1.54) is 32.1 Å². The molecule has 20 heavy (non-hydrogen) atoms. The summed E-state index contributed by atoms with van der Waals surface area (Å²) in [6.45, 7) is 3.97. The number of hydrogen-bond donors (Lipinski definition) is 1. The van der Waals surface area contributed by atoms with Crippen LogP contribution in [-0.4, -0.2) is 42.6 Å². The lowest BCUT2D eigenvalue weighted by molar-refractivity contribution is -0.177. The zero-order chi connectivity index (χ0) is 14.0. The van der Waals surface area contributed by atoms with Crippen molar-refractivity contribution < 1.29 is 9.47 Å². The van der Waals surface area contributed by atoms with Crippen LogP contribution in [0, 0.1) is 5.92 Å². The molecule has 4 unspecified atom stereocenters. The predicted octanol–water partition coefficient (Wildman–Crippen LogP) is 3.18. The summed E-state index contributed by atoms with van der Waals surface area (Å²) < 4.78 is 11.9. The van der Waals surface area contributed by atoms with Gasteiger partial charge in [0.25, 0.3) is 0 Å². The molecule has 3 fully saturated rings. The van der Waals surface area contributed by atoms with Crippen molar-refractivity contribution in [3.63, 3.8) is 0 Å². The van der Waals surface area contributed by atoms with E-state index < -0.39 is 0 Å². The number of thioether (sulfide) groups is 1. The fraction of sp³-hybridized carbons (Fsp3) is 1.00. The molecule has 1 spiro atoms. The Kier molecular flexibility index (Phi) is 4.96. The standard InChI is InChI=1S/C16H29NO2S/c1-12-4-3-5-13(10-12)20-15-11-16(18-8-9-19-16)7-6-14(15)17-2/h12-15,17H,3-11H2,1-2H3. The molecular formula is C16H29NO2S. The summed E-state index contributed by atoms with van der Waals surface area (Å²) in [5.74, 6) is 0.663. The highest BCUT2D eigenvalue weighted by Gasteiger charge is 2.45. The highest BCUT2D eigenvalue weighted by atomic mass is 32.2. The second-order valence-corrected chi connectivity index (χ2v) is 8.36. The van der Waals surface area contributed by atoms with Gasteiger partial charge in [-0.15, -0.1) is 0 Å². The van der Waals surface area contributed by atoms with Crippen LogP contribution in [0.2, 0.25) is 0 Å². The molecule has 4 atom stereocenters. The van der Waals surface area contributed by atoms with Crippen molar-refractivity contribution in [2.45, 2.75) is 74.2 Å². The van der Waals surface area contributed by atoms with Gasteiger partial charge in [0.05, 0.1) is 13.2 Å². The molecule has 1 heterocycles.